The van der Waals surface area contributed by atoms with Crippen LogP contribution >= 0.6 is 0 Å². The lowest BCUT2D eigenvalue weighted by molar-refractivity contribution is 0.766. The van der Waals surface area contributed by atoms with Gasteiger partial charge in [-0.15, -0.1) is 0 Å². The van der Waals surface area contributed by atoms with Gasteiger partial charge < -0.3 is 13.7 Å². The Kier molecular flexibility index (Phi) is 13.1. The summed E-state index contributed by atoms with van der Waals surface area (Å²) in [7, 11) is 0. The second-order valence-corrected chi connectivity index (χ2v) is 26.2. The average Bonchev–Trinajstić information content (AvgIpc) is 1.53. The third kappa shape index (κ3) is 8.94. The number of fused-ring (bicyclic) bond motifs is 12. The van der Waals surface area contributed by atoms with E-state index in [0.717, 1.165) is 66.9 Å². The van der Waals surface area contributed by atoms with Crippen molar-refractivity contribution in [3.63, 3.8) is 0 Å². The smallest absolute Gasteiger partial charge is 0.164 e. The van der Waals surface area contributed by atoms with Crippen LogP contribution in [0.5, 0.6) is 0 Å². The molecular weight excluding hydrogens is 1210 g/mol. The van der Waals surface area contributed by atoms with Crippen LogP contribution in [0.25, 0.3) is 161 Å². The van der Waals surface area contributed by atoms with E-state index >= 15 is 0 Å². The van der Waals surface area contributed by atoms with Crippen LogP contribution in [0.4, 0.5) is 0 Å². The molecule has 0 saturated carbocycles. The fourth-order valence-corrected chi connectivity index (χ4v) is 16.3. The van der Waals surface area contributed by atoms with Crippen LogP contribution in [0, 0.1) is 0 Å². The Morgan fingerprint density at radius 2 is 0.570 bits per heavy atom. The van der Waals surface area contributed by atoms with E-state index in [1.165, 1.54) is 99.0 Å². The van der Waals surface area contributed by atoms with Gasteiger partial charge in [-0.3, -0.25) is 0 Å². The summed E-state index contributed by atoms with van der Waals surface area (Å²) in [5.74, 6) is 1.88. The topological polar surface area (TPSA) is 53.5 Å². The maximum atomic E-state index is 5.15. The van der Waals surface area contributed by atoms with Crippen molar-refractivity contribution in [2.45, 2.75) is 5.41 Å². The van der Waals surface area contributed by atoms with Gasteiger partial charge in [0, 0.05) is 66.1 Å². The predicted molar refractivity (Wildman–Crippen MR) is 413 cm³/mol. The van der Waals surface area contributed by atoms with Crippen LogP contribution in [-0.4, -0.2) is 28.7 Å². The van der Waals surface area contributed by atoms with Crippen molar-refractivity contribution in [3.05, 3.63) is 386 Å². The third-order valence-electron chi connectivity index (χ3n) is 20.8. The van der Waals surface area contributed by atoms with Crippen molar-refractivity contribution in [1.29, 1.82) is 0 Å². The Bertz CT molecular complexity index is 6330. The molecule has 15 aromatic carbocycles. The molecule has 0 aliphatic heterocycles. The van der Waals surface area contributed by atoms with Gasteiger partial charge in [0.05, 0.1) is 38.5 Å². The fraction of sp³-hybridized carbons (Fsp3) is 0.0106. The lowest BCUT2D eigenvalue weighted by Gasteiger charge is -2.34. The summed E-state index contributed by atoms with van der Waals surface area (Å²) in [6.45, 7) is 0. The van der Waals surface area contributed by atoms with Gasteiger partial charge in [-0.05, 0) is 164 Å². The minimum atomic E-state index is -0.728. The summed E-state index contributed by atoms with van der Waals surface area (Å²) in [6, 6.07) is 133. The molecule has 466 valence electrons. The van der Waals surface area contributed by atoms with Gasteiger partial charge in [0.1, 0.15) is 0 Å². The predicted octanol–water partition coefficient (Wildman–Crippen LogP) is 23.5. The Labute approximate surface area is 577 Å². The lowest BCUT2D eigenvalue weighted by atomic mass is 9.67. The van der Waals surface area contributed by atoms with E-state index in [2.05, 4.69) is 341 Å². The summed E-state index contributed by atoms with van der Waals surface area (Å²) >= 11 is 0. The molecule has 0 N–H and O–H groups in total. The van der Waals surface area contributed by atoms with E-state index < -0.39 is 5.41 Å². The van der Waals surface area contributed by atoms with Crippen molar-refractivity contribution in [2.24, 2.45) is 0 Å². The average molecular weight is 1270 g/mol. The standard InChI is InChI=1S/C94H60N6/c1-7-25-61(26-8-1)64-45-52-87-80(56-64)81-58-66(65-46-53-86-79(57-65)77-39-19-21-42-84(77)98(86)71-37-17-6-18-38-71)47-54-88(81)99(87)72-48-50-75-76-51-49-73(60-83(76)94(82(75)59-72,69-33-13-4-14-34-69)70-35-15-5-16-36-70)100-85-43-22-20-40-78(85)90-74(41-24-44-89(90)100)67-31-23-32-68(55-67)93-96-91(62-27-9-2-10-28-62)95-92(97-93)63-29-11-3-12-30-63/h1-60H. The number of aromatic nitrogens is 6. The first-order valence-electron chi connectivity index (χ1n) is 34.2. The molecule has 0 radical (unpaired) electrons. The maximum Gasteiger partial charge on any atom is 0.164 e. The molecule has 4 heterocycles. The zero-order chi connectivity index (χ0) is 65.8. The molecule has 0 saturated heterocycles. The third-order valence-corrected chi connectivity index (χ3v) is 20.8. The first kappa shape index (κ1) is 57.0. The van der Waals surface area contributed by atoms with E-state index in [4.69, 9.17) is 15.0 Å². The van der Waals surface area contributed by atoms with Gasteiger partial charge in [-0.1, -0.05) is 267 Å². The number of rotatable bonds is 11. The monoisotopic (exact) mass is 1270 g/mol. The van der Waals surface area contributed by atoms with Crippen molar-refractivity contribution < 1.29 is 0 Å². The van der Waals surface area contributed by atoms with Crippen LogP contribution in [0.3, 0.4) is 0 Å². The van der Waals surface area contributed by atoms with Crippen molar-refractivity contribution >= 4 is 65.4 Å². The Morgan fingerprint density at radius 3 is 1.11 bits per heavy atom. The minimum absolute atomic E-state index is 0.618. The number of nitrogens with zero attached hydrogens (tertiary/aromatic N) is 6. The van der Waals surface area contributed by atoms with E-state index in [1.54, 1.807) is 0 Å². The number of benzene rings is 15. The lowest BCUT2D eigenvalue weighted by Crippen LogP contribution is -2.28. The Morgan fingerprint density at radius 1 is 0.200 bits per heavy atom. The van der Waals surface area contributed by atoms with Crippen molar-refractivity contribution in [1.82, 2.24) is 28.7 Å². The molecule has 0 fully saturated rings. The summed E-state index contributed by atoms with van der Waals surface area (Å²) in [6.07, 6.45) is 0. The van der Waals surface area contributed by atoms with Crippen LogP contribution in [0.1, 0.15) is 22.3 Å². The van der Waals surface area contributed by atoms with E-state index in [0.29, 0.717) is 17.5 Å². The molecule has 1 aliphatic carbocycles. The van der Waals surface area contributed by atoms with Gasteiger partial charge in [0.2, 0.25) is 0 Å². The largest absolute Gasteiger partial charge is 0.309 e. The highest BCUT2D eigenvalue weighted by Gasteiger charge is 2.47. The van der Waals surface area contributed by atoms with E-state index in [-0.39, 0.29) is 0 Å². The SMILES string of the molecule is c1ccc(-c2ccc3c(c2)c2cc(-c4ccc5c(c4)c4ccccc4n5-c4ccccc4)ccc2n3-c2ccc3c(c2)C(c2ccccc2)(c2ccccc2)c2cc(-n4c5ccccc5c5c(-c6cccc(-c7nc(-c8ccccc8)nc(-c8ccccc8)n7)c6)cccc54)ccc2-3)cc1. The second kappa shape index (κ2) is 22.9. The number of para-hydroxylation sites is 3. The van der Waals surface area contributed by atoms with Gasteiger partial charge in [0.15, 0.2) is 17.5 Å². The molecular formula is C94H60N6. The zero-order valence-electron chi connectivity index (χ0n) is 54.3. The van der Waals surface area contributed by atoms with E-state index in [9.17, 15) is 0 Å². The highest BCUT2D eigenvalue weighted by atomic mass is 15.0. The second-order valence-electron chi connectivity index (χ2n) is 26.2. The summed E-state index contributed by atoms with van der Waals surface area (Å²) in [5.41, 5.74) is 26.5. The summed E-state index contributed by atoms with van der Waals surface area (Å²) < 4.78 is 7.38. The van der Waals surface area contributed by atoms with Gasteiger partial charge >= 0.3 is 0 Å². The van der Waals surface area contributed by atoms with Crippen LogP contribution in [0.2, 0.25) is 0 Å². The van der Waals surface area contributed by atoms with Gasteiger partial charge in [-0.2, -0.15) is 0 Å². The Balaban J connectivity index is 0.754. The summed E-state index contributed by atoms with van der Waals surface area (Å²) in [5, 5.41) is 7.21. The normalized spacial score (nSPS) is 12.5. The van der Waals surface area contributed by atoms with Crippen LogP contribution < -0.4 is 0 Å². The summed E-state index contributed by atoms with van der Waals surface area (Å²) in [4.78, 5) is 15.3. The highest BCUT2D eigenvalue weighted by molar-refractivity contribution is 6.17. The molecule has 4 aromatic heterocycles. The quantitative estimate of drug-likeness (QED) is 0.130. The zero-order valence-corrected chi connectivity index (χ0v) is 54.3. The molecule has 20 rings (SSSR count). The molecule has 0 bridgehead atoms. The van der Waals surface area contributed by atoms with Crippen LogP contribution in [0.15, 0.2) is 364 Å². The number of hydrogen-bond acceptors (Lipinski definition) is 3. The Hall–Kier alpha value is -13.3. The molecule has 0 atom stereocenters. The van der Waals surface area contributed by atoms with E-state index in [1.807, 2.05) is 36.4 Å². The molecule has 0 amide bonds. The molecule has 19 aromatic rings. The van der Waals surface area contributed by atoms with Gasteiger partial charge in [-0.25, -0.2) is 15.0 Å². The molecule has 6 heteroatoms. The molecule has 1 aliphatic rings. The van der Waals surface area contributed by atoms with Crippen molar-refractivity contribution in [2.75, 3.05) is 0 Å². The first-order chi connectivity index (χ1) is 49.6. The molecule has 6 nitrogen and oxygen atoms in total. The molecule has 100 heavy (non-hydrogen) atoms. The highest BCUT2D eigenvalue weighted by Crippen LogP contribution is 2.58. The van der Waals surface area contributed by atoms with Crippen molar-refractivity contribution in [3.8, 4) is 95.7 Å². The first-order valence-corrected chi connectivity index (χ1v) is 34.2. The molecule has 0 spiro atoms. The molecule has 0 unspecified atom stereocenters. The minimum Gasteiger partial charge on any atom is -0.309 e. The fourth-order valence-electron chi connectivity index (χ4n) is 16.3. The number of hydrogen-bond donors (Lipinski definition) is 0. The van der Waals surface area contributed by atoms with Gasteiger partial charge in [0.25, 0.3) is 0 Å². The maximum absolute atomic E-state index is 5.15. The van der Waals surface area contributed by atoms with Crippen LogP contribution in [-0.2, 0) is 5.41 Å².